The van der Waals surface area contributed by atoms with Crippen LogP contribution in [-0.4, -0.2) is 127 Å². The first-order chi connectivity index (χ1) is 17.8. The molecule has 1 saturated heterocycles. The summed E-state index contributed by atoms with van der Waals surface area (Å²) < 4.78 is 16.2. The van der Waals surface area contributed by atoms with E-state index < -0.39 is 28.6 Å². The van der Waals surface area contributed by atoms with Gasteiger partial charge in [-0.1, -0.05) is 0 Å². The lowest BCUT2D eigenvalue weighted by Crippen LogP contribution is -2.48. The fourth-order valence-electron chi connectivity index (χ4n) is 3.85. The molecular formula is C28H52N4O7. The van der Waals surface area contributed by atoms with Gasteiger partial charge in [-0.25, -0.2) is 4.79 Å². The van der Waals surface area contributed by atoms with Crippen molar-refractivity contribution in [2.24, 2.45) is 0 Å². The van der Waals surface area contributed by atoms with Crippen LogP contribution in [0.3, 0.4) is 0 Å². The summed E-state index contributed by atoms with van der Waals surface area (Å²) in [4.78, 5) is 55.8. The second-order valence-electron chi connectivity index (χ2n) is 13.0. The van der Waals surface area contributed by atoms with Gasteiger partial charge in [0.1, 0.15) is 16.8 Å². The zero-order valence-electron chi connectivity index (χ0n) is 25.7. The van der Waals surface area contributed by atoms with E-state index in [1.165, 1.54) is 0 Å². The summed E-state index contributed by atoms with van der Waals surface area (Å²) in [5.41, 5.74) is -1.86. The lowest BCUT2D eigenvalue weighted by Gasteiger charge is -2.31. The maximum absolute atomic E-state index is 12.5. The molecule has 11 heteroatoms. The maximum atomic E-state index is 12.5. The van der Waals surface area contributed by atoms with Crippen LogP contribution >= 0.6 is 0 Å². The molecule has 1 rings (SSSR count). The van der Waals surface area contributed by atoms with Crippen molar-refractivity contribution in [2.45, 2.75) is 85.5 Å². The zero-order chi connectivity index (χ0) is 29.9. The number of nitrogens with zero attached hydrogens (tertiary/aromatic N) is 3. The Hall–Kier alpha value is -2.08. The van der Waals surface area contributed by atoms with Crippen LogP contribution < -0.4 is 5.32 Å². The SMILES string of the molecule is CC(C)(C)OC(=O)CN1CCNCCN(CC(=O)OC(C)(C)C)CCN(CCC(=O)C(=O)OC(C)(C)C)CC1. The van der Waals surface area contributed by atoms with Crippen molar-refractivity contribution in [3.8, 4) is 0 Å². The lowest BCUT2D eigenvalue weighted by molar-refractivity contribution is -0.162. The third-order valence-electron chi connectivity index (χ3n) is 5.50. The van der Waals surface area contributed by atoms with Gasteiger partial charge in [0, 0.05) is 65.3 Å². The van der Waals surface area contributed by atoms with Gasteiger partial charge in [0.15, 0.2) is 0 Å². The van der Waals surface area contributed by atoms with Crippen molar-refractivity contribution in [1.29, 1.82) is 0 Å². The summed E-state index contributed by atoms with van der Waals surface area (Å²) in [5.74, 6) is -1.98. The number of ketones is 1. The molecule has 0 aromatic carbocycles. The van der Waals surface area contributed by atoms with Crippen LogP contribution in [0.15, 0.2) is 0 Å². The van der Waals surface area contributed by atoms with E-state index in [-0.39, 0.29) is 31.4 Å². The molecule has 0 amide bonds. The molecule has 226 valence electrons. The zero-order valence-corrected chi connectivity index (χ0v) is 25.7. The number of hydrogen-bond acceptors (Lipinski definition) is 11. The maximum Gasteiger partial charge on any atom is 0.375 e. The monoisotopic (exact) mass is 556 g/mol. The number of carbonyl (C=O) groups excluding carboxylic acids is 4. The average molecular weight is 557 g/mol. The van der Waals surface area contributed by atoms with Gasteiger partial charge in [-0.2, -0.15) is 0 Å². The molecule has 0 aliphatic carbocycles. The molecule has 1 heterocycles. The highest BCUT2D eigenvalue weighted by atomic mass is 16.6. The fourth-order valence-corrected chi connectivity index (χ4v) is 3.85. The Labute approximate surface area is 234 Å². The molecule has 0 saturated carbocycles. The second kappa shape index (κ2) is 15.6. The molecular weight excluding hydrogens is 504 g/mol. The average Bonchev–Trinajstić information content (AvgIpc) is 2.72. The summed E-state index contributed by atoms with van der Waals surface area (Å²) in [7, 11) is 0. The number of nitrogens with one attached hydrogen (secondary N) is 1. The summed E-state index contributed by atoms with van der Waals surface area (Å²) in [6.45, 7) is 21.8. The molecule has 0 atom stereocenters. The minimum absolute atomic E-state index is 0.0224. The molecule has 0 aromatic rings. The largest absolute Gasteiger partial charge is 0.459 e. The molecule has 11 nitrogen and oxygen atoms in total. The Morgan fingerprint density at radius 3 is 1.36 bits per heavy atom. The highest BCUT2D eigenvalue weighted by Crippen LogP contribution is 2.10. The van der Waals surface area contributed by atoms with Gasteiger partial charge in [0.2, 0.25) is 5.78 Å². The van der Waals surface area contributed by atoms with Gasteiger partial charge in [0.25, 0.3) is 0 Å². The van der Waals surface area contributed by atoms with Crippen molar-refractivity contribution in [3.05, 3.63) is 0 Å². The van der Waals surface area contributed by atoms with E-state index in [9.17, 15) is 19.2 Å². The van der Waals surface area contributed by atoms with Gasteiger partial charge in [-0.05, 0) is 62.3 Å². The van der Waals surface area contributed by atoms with Crippen LogP contribution in [0.4, 0.5) is 0 Å². The van der Waals surface area contributed by atoms with E-state index in [0.29, 0.717) is 58.9 Å². The molecule has 1 aliphatic rings. The molecule has 0 bridgehead atoms. The Morgan fingerprint density at radius 2 is 0.974 bits per heavy atom. The standard InChI is InChI=1S/C28H52N4O7/c1-26(2,3)37-23(34)20-31-14-11-29-12-15-32(21-24(35)38-27(4,5)6)19-17-30(16-18-31)13-10-22(33)25(36)39-28(7,8)9/h29H,10-21H2,1-9H3. The topological polar surface area (TPSA) is 118 Å². The molecule has 0 radical (unpaired) electrons. The highest BCUT2D eigenvalue weighted by Gasteiger charge is 2.25. The summed E-state index contributed by atoms with van der Waals surface area (Å²) in [6.07, 6.45) is 0.0224. The minimum atomic E-state index is -0.832. The molecule has 1 fully saturated rings. The predicted molar refractivity (Wildman–Crippen MR) is 149 cm³/mol. The number of ether oxygens (including phenoxy) is 3. The van der Waals surface area contributed by atoms with Gasteiger partial charge in [-0.3, -0.25) is 24.2 Å². The van der Waals surface area contributed by atoms with Crippen LogP contribution in [0.1, 0.15) is 68.7 Å². The van der Waals surface area contributed by atoms with E-state index in [1.807, 2.05) is 51.3 Å². The number of carbonyl (C=O) groups is 4. The van der Waals surface area contributed by atoms with Crippen LogP contribution in [0.25, 0.3) is 0 Å². The quantitative estimate of drug-likeness (QED) is 0.266. The van der Waals surface area contributed by atoms with Crippen molar-refractivity contribution < 1.29 is 33.4 Å². The summed E-state index contributed by atoms with van der Waals surface area (Å²) in [5, 5.41) is 3.39. The molecule has 39 heavy (non-hydrogen) atoms. The number of Topliss-reactive ketones (excluding diaryl/α,β-unsaturated/α-hetero) is 1. The van der Waals surface area contributed by atoms with Gasteiger partial charge in [0.05, 0.1) is 13.1 Å². The van der Waals surface area contributed by atoms with Crippen molar-refractivity contribution in [3.63, 3.8) is 0 Å². The number of rotatable bonds is 8. The smallest absolute Gasteiger partial charge is 0.375 e. The first kappa shape index (κ1) is 34.9. The van der Waals surface area contributed by atoms with Gasteiger partial charge in [-0.15, -0.1) is 0 Å². The van der Waals surface area contributed by atoms with E-state index in [4.69, 9.17) is 14.2 Å². The number of esters is 3. The van der Waals surface area contributed by atoms with Crippen molar-refractivity contribution in [1.82, 2.24) is 20.0 Å². The number of hydrogen-bond donors (Lipinski definition) is 1. The van der Waals surface area contributed by atoms with E-state index >= 15 is 0 Å². The first-order valence-electron chi connectivity index (χ1n) is 13.9. The van der Waals surface area contributed by atoms with E-state index in [0.717, 1.165) is 0 Å². The van der Waals surface area contributed by atoms with Gasteiger partial charge < -0.3 is 24.4 Å². The second-order valence-corrected chi connectivity index (χ2v) is 13.0. The molecule has 0 unspecified atom stereocenters. The Balaban J connectivity index is 2.91. The summed E-state index contributed by atoms with van der Waals surface area (Å²) >= 11 is 0. The Kier molecular flexibility index (Phi) is 14.0. The van der Waals surface area contributed by atoms with Crippen molar-refractivity contribution in [2.75, 3.05) is 72.0 Å². The third kappa shape index (κ3) is 18.0. The Bertz CT molecular complexity index is 768. The first-order valence-corrected chi connectivity index (χ1v) is 13.9. The fraction of sp³-hybridized carbons (Fsp3) is 0.857. The van der Waals surface area contributed by atoms with Crippen LogP contribution in [0, 0.1) is 0 Å². The third-order valence-corrected chi connectivity index (χ3v) is 5.50. The van der Waals surface area contributed by atoms with E-state index in [2.05, 4.69) is 10.2 Å². The normalized spacial score (nSPS) is 18.0. The summed E-state index contributed by atoms with van der Waals surface area (Å²) in [6, 6.07) is 0. The molecule has 1 N–H and O–H groups in total. The van der Waals surface area contributed by atoms with Crippen LogP contribution in [-0.2, 0) is 33.4 Å². The molecule has 0 aromatic heterocycles. The highest BCUT2D eigenvalue weighted by molar-refractivity contribution is 6.33. The predicted octanol–water partition coefficient (Wildman–Crippen LogP) is 1.48. The van der Waals surface area contributed by atoms with Gasteiger partial charge >= 0.3 is 17.9 Å². The molecule has 1 aliphatic heterocycles. The van der Waals surface area contributed by atoms with E-state index in [1.54, 1.807) is 20.8 Å². The molecule has 0 spiro atoms. The lowest BCUT2D eigenvalue weighted by atomic mass is 10.2. The van der Waals surface area contributed by atoms with Crippen molar-refractivity contribution >= 4 is 23.7 Å². The van der Waals surface area contributed by atoms with Crippen LogP contribution in [0.5, 0.6) is 0 Å². The van der Waals surface area contributed by atoms with Crippen LogP contribution in [0.2, 0.25) is 0 Å². The minimum Gasteiger partial charge on any atom is -0.459 e. The Morgan fingerprint density at radius 1 is 0.590 bits per heavy atom.